The first-order valence-electron chi connectivity index (χ1n) is 6.63. The summed E-state index contributed by atoms with van der Waals surface area (Å²) in [5.41, 5.74) is -0.138. The monoisotopic (exact) mass is 279 g/mol. The van der Waals surface area contributed by atoms with Gasteiger partial charge in [0, 0.05) is 13.3 Å². The number of rotatable bonds is 6. The molecule has 0 spiro atoms. The fourth-order valence-corrected chi connectivity index (χ4v) is 1.91. The summed E-state index contributed by atoms with van der Waals surface area (Å²) in [5, 5.41) is 2.59. The van der Waals surface area contributed by atoms with E-state index in [0.29, 0.717) is 6.42 Å². The molecule has 0 radical (unpaired) electrons. The maximum Gasteiger partial charge on any atom is 0.410 e. The maximum atomic E-state index is 11.8. The van der Waals surface area contributed by atoms with Gasteiger partial charge in [-0.15, -0.1) is 0 Å². The van der Waals surface area contributed by atoms with E-state index < -0.39 is 17.8 Å². The molecule has 0 fully saturated rings. The van der Waals surface area contributed by atoms with Crippen LogP contribution in [0.3, 0.4) is 0 Å². The van der Waals surface area contributed by atoms with Crippen molar-refractivity contribution in [2.24, 2.45) is 0 Å². The lowest BCUT2D eigenvalue weighted by atomic mass is 10.1. The number of hydrogen-bond donors (Lipinski definition) is 1. The Morgan fingerprint density at radius 2 is 1.90 bits per heavy atom. The summed E-state index contributed by atoms with van der Waals surface area (Å²) in [6.45, 7) is 5.08. The van der Waals surface area contributed by atoms with Gasteiger partial charge in [-0.3, -0.25) is 10.1 Å². The second-order valence-electron chi connectivity index (χ2n) is 4.76. The van der Waals surface area contributed by atoms with Crippen LogP contribution >= 0.6 is 0 Å². The van der Waals surface area contributed by atoms with Gasteiger partial charge < -0.3 is 9.47 Å². The highest BCUT2D eigenvalue weighted by Crippen LogP contribution is 2.15. The minimum atomic E-state index is -1.03. The molecule has 1 rings (SSSR count). The van der Waals surface area contributed by atoms with Crippen molar-refractivity contribution in [1.82, 2.24) is 5.32 Å². The first-order chi connectivity index (χ1) is 9.45. The molecule has 110 valence electrons. The van der Waals surface area contributed by atoms with Gasteiger partial charge in [-0.25, -0.2) is 4.79 Å². The van der Waals surface area contributed by atoms with Gasteiger partial charge in [0.15, 0.2) is 5.72 Å². The largest absolute Gasteiger partial charge is 0.445 e. The van der Waals surface area contributed by atoms with Crippen LogP contribution in [0.15, 0.2) is 30.3 Å². The molecule has 1 aromatic rings. The molecular weight excluding hydrogens is 258 g/mol. The van der Waals surface area contributed by atoms with Crippen LogP contribution in [0.4, 0.5) is 4.79 Å². The van der Waals surface area contributed by atoms with E-state index in [0.717, 1.165) is 12.0 Å². The SMILES string of the molecule is CCCC(C)(NC(=O)OCc1ccccc1)OC(C)=O. The van der Waals surface area contributed by atoms with E-state index in [1.54, 1.807) is 6.92 Å². The van der Waals surface area contributed by atoms with Crippen LogP contribution in [0.5, 0.6) is 0 Å². The molecule has 1 aromatic carbocycles. The average molecular weight is 279 g/mol. The van der Waals surface area contributed by atoms with Crippen LogP contribution in [0, 0.1) is 0 Å². The summed E-state index contributed by atoms with van der Waals surface area (Å²) < 4.78 is 10.3. The highest BCUT2D eigenvalue weighted by Gasteiger charge is 2.29. The second kappa shape index (κ2) is 7.53. The van der Waals surface area contributed by atoms with Gasteiger partial charge in [0.25, 0.3) is 0 Å². The molecule has 0 saturated heterocycles. The van der Waals surface area contributed by atoms with Crippen molar-refractivity contribution >= 4 is 12.1 Å². The Hall–Kier alpha value is -2.04. The molecule has 0 aliphatic carbocycles. The molecule has 1 unspecified atom stereocenters. The number of ether oxygens (including phenoxy) is 2. The molecule has 20 heavy (non-hydrogen) atoms. The first-order valence-corrected chi connectivity index (χ1v) is 6.63. The smallest absolute Gasteiger partial charge is 0.410 e. The van der Waals surface area contributed by atoms with E-state index in [4.69, 9.17) is 9.47 Å². The number of benzene rings is 1. The van der Waals surface area contributed by atoms with Crippen LogP contribution in [0.25, 0.3) is 0 Å². The third kappa shape index (κ3) is 5.73. The van der Waals surface area contributed by atoms with Crippen molar-refractivity contribution in [1.29, 1.82) is 0 Å². The Balaban J connectivity index is 2.51. The van der Waals surface area contributed by atoms with Crippen LogP contribution in [-0.4, -0.2) is 17.8 Å². The number of amides is 1. The summed E-state index contributed by atoms with van der Waals surface area (Å²) in [4.78, 5) is 22.8. The summed E-state index contributed by atoms with van der Waals surface area (Å²) in [6, 6.07) is 9.37. The number of hydrogen-bond acceptors (Lipinski definition) is 4. The molecule has 5 nitrogen and oxygen atoms in total. The predicted molar refractivity (Wildman–Crippen MR) is 74.8 cm³/mol. The topological polar surface area (TPSA) is 64.6 Å². The second-order valence-corrected chi connectivity index (χ2v) is 4.76. The van der Waals surface area contributed by atoms with E-state index in [9.17, 15) is 9.59 Å². The van der Waals surface area contributed by atoms with Crippen molar-refractivity contribution in [2.75, 3.05) is 0 Å². The zero-order valence-electron chi connectivity index (χ0n) is 12.1. The minimum Gasteiger partial charge on any atom is -0.445 e. The Morgan fingerprint density at radius 1 is 1.25 bits per heavy atom. The molecule has 1 atom stereocenters. The summed E-state index contributed by atoms with van der Waals surface area (Å²) in [5.74, 6) is -0.440. The zero-order valence-corrected chi connectivity index (χ0v) is 12.1. The molecule has 0 heterocycles. The van der Waals surface area contributed by atoms with Crippen molar-refractivity contribution in [3.8, 4) is 0 Å². The van der Waals surface area contributed by atoms with Crippen molar-refractivity contribution in [3.63, 3.8) is 0 Å². The molecule has 0 aromatic heterocycles. The minimum absolute atomic E-state index is 0.176. The number of nitrogens with one attached hydrogen (secondary N) is 1. The first kappa shape index (κ1) is 16.0. The average Bonchev–Trinajstić information content (AvgIpc) is 2.36. The number of esters is 1. The number of carbonyl (C=O) groups is 2. The Morgan fingerprint density at radius 3 is 2.45 bits per heavy atom. The molecule has 0 saturated carbocycles. The molecule has 1 N–H and O–H groups in total. The molecular formula is C15H21NO4. The van der Waals surface area contributed by atoms with Crippen LogP contribution < -0.4 is 5.32 Å². The zero-order chi connectivity index (χ0) is 15.0. The van der Waals surface area contributed by atoms with E-state index >= 15 is 0 Å². The fourth-order valence-electron chi connectivity index (χ4n) is 1.91. The standard InChI is InChI=1S/C15H21NO4/c1-4-10-15(3,20-12(2)17)16-14(18)19-11-13-8-6-5-7-9-13/h5-9H,4,10-11H2,1-3H3,(H,16,18). The third-order valence-electron chi connectivity index (χ3n) is 2.68. The number of carbonyl (C=O) groups excluding carboxylic acids is 2. The lowest BCUT2D eigenvalue weighted by Gasteiger charge is -2.29. The van der Waals surface area contributed by atoms with E-state index in [1.165, 1.54) is 6.92 Å². The molecule has 0 bridgehead atoms. The van der Waals surface area contributed by atoms with Crippen LogP contribution in [0.1, 0.15) is 39.2 Å². The highest BCUT2D eigenvalue weighted by atomic mass is 16.6. The van der Waals surface area contributed by atoms with Crippen molar-refractivity contribution < 1.29 is 19.1 Å². The number of alkyl carbamates (subject to hydrolysis) is 1. The highest BCUT2D eigenvalue weighted by molar-refractivity contribution is 5.70. The van der Waals surface area contributed by atoms with Crippen LogP contribution in [0.2, 0.25) is 0 Å². The Labute approximate surface area is 119 Å². The van der Waals surface area contributed by atoms with Gasteiger partial charge in [-0.1, -0.05) is 43.7 Å². The van der Waals surface area contributed by atoms with Gasteiger partial charge in [0.2, 0.25) is 0 Å². The van der Waals surface area contributed by atoms with Gasteiger partial charge in [0.05, 0.1) is 0 Å². The quantitative estimate of drug-likeness (QED) is 0.642. The fraction of sp³-hybridized carbons (Fsp3) is 0.467. The molecule has 0 aliphatic rings. The molecule has 5 heteroatoms. The lowest BCUT2D eigenvalue weighted by molar-refractivity contribution is -0.158. The predicted octanol–water partition coefficient (Wildman–Crippen LogP) is 2.99. The summed E-state index contributed by atoms with van der Waals surface area (Å²) in [6.07, 6.45) is 0.682. The van der Waals surface area contributed by atoms with Gasteiger partial charge in [-0.05, 0) is 12.5 Å². The van der Waals surface area contributed by atoms with Crippen molar-refractivity contribution in [2.45, 2.75) is 45.9 Å². The van der Waals surface area contributed by atoms with E-state index in [1.807, 2.05) is 37.3 Å². The summed E-state index contributed by atoms with van der Waals surface area (Å²) >= 11 is 0. The van der Waals surface area contributed by atoms with Gasteiger partial charge in [0.1, 0.15) is 6.61 Å². The molecule has 0 aliphatic heterocycles. The Bertz CT molecular complexity index is 446. The van der Waals surface area contributed by atoms with Crippen LogP contribution in [-0.2, 0) is 20.9 Å². The normalized spacial score (nSPS) is 13.2. The summed E-state index contributed by atoms with van der Waals surface area (Å²) in [7, 11) is 0. The van der Waals surface area contributed by atoms with Gasteiger partial charge in [-0.2, -0.15) is 0 Å². The Kier molecular flexibility index (Phi) is 6.03. The van der Waals surface area contributed by atoms with E-state index in [-0.39, 0.29) is 6.61 Å². The molecule has 1 amide bonds. The maximum absolute atomic E-state index is 11.8. The third-order valence-corrected chi connectivity index (χ3v) is 2.68. The lowest BCUT2D eigenvalue weighted by Crippen LogP contribution is -2.49. The van der Waals surface area contributed by atoms with Crippen molar-refractivity contribution in [3.05, 3.63) is 35.9 Å². The van der Waals surface area contributed by atoms with Gasteiger partial charge >= 0.3 is 12.1 Å². The van der Waals surface area contributed by atoms with E-state index in [2.05, 4.69) is 5.32 Å².